The highest BCUT2D eigenvalue weighted by molar-refractivity contribution is 5.94. The van der Waals surface area contributed by atoms with Gasteiger partial charge in [0.1, 0.15) is 5.75 Å². The van der Waals surface area contributed by atoms with Crippen molar-refractivity contribution in [1.29, 1.82) is 0 Å². The van der Waals surface area contributed by atoms with Crippen LogP contribution in [0.2, 0.25) is 0 Å². The summed E-state index contributed by atoms with van der Waals surface area (Å²) in [6.45, 7) is 5.91. The summed E-state index contributed by atoms with van der Waals surface area (Å²) < 4.78 is 5.11. The minimum absolute atomic E-state index is 0. The maximum Gasteiger partial charge on any atom is 0.253 e. The van der Waals surface area contributed by atoms with E-state index in [1.807, 2.05) is 6.92 Å². The standard InChI is InChI=1S/C18H27N3O3.ClH/c1-4-9-18(2,19)17(23)21-12-10-20(11-13-21)16(22)14-5-7-15(24-3)8-6-14;/h5-8H,4,9-13,19H2,1-3H3;1H. The van der Waals surface area contributed by atoms with Crippen molar-refractivity contribution in [2.24, 2.45) is 5.73 Å². The molecule has 1 saturated heterocycles. The molecule has 1 unspecified atom stereocenters. The van der Waals surface area contributed by atoms with Crippen LogP contribution in [0.3, 0.4) is 0 Å². The molecule has 7 heteroatoms. The van der Waals surface area contributed by atoms with Crippen LogP contribution in [0, 0.1) is 0 Å². The zero-order chi connectivity index (χ0) is 17.7. The van der Waals surface area contributed by atoms with Gasteiger partial charge in [-0.25, -0.2) is 0 Å². The number of hydrogen-bond donors (Lipinski definition) is 1. The Kier molecular flexibility index (Phi) is 7.70. The highest BCUT2D eigenvalue weighted by Gasteiger charge is 2.34. The lowest BCUT2D eigenvalue weighted by atomic mass is 9.95. The van der Waals surface area contributed by atoms with E-state index in [0.717, 1.165) is 12.2 Å². The van der Waals surface area contributed by atoms with Crippen molar-refractivity contribution < 1.29 is 14.3 Å². The molecule has 0 aliphatic carbocycles. The van der Waals surface area contributed by atoms with Crippen molar-refractivity contribution in [3.63, 3.8) is 0 Å². The van der Waals surface area contributed by atoms with Crippen molar-refractivity contribution in [3.8, 4) is 5.75 Å². The van der Waals surface area contributed by atoms with Crippen molar-refractivity contribution in [2.45, 2.75) is 32.2 Å². The molecule has 0 radical (unpaired) electrons. The van der Waals surface area contributed by atoms with Crippen LogP contribution in [0.1, 0.15) is 37.0 Å². The van der Waals surface area contributed by atoms with Gasteiger partial charge in [0.25, 0.3) is 5.91 Å². The Labute approximate surface area is 155 Å². The van der Waals surface area contributed by atoms with Crippen molar-refractivity contribution in [3.05, 3.63) is 29.8 Å². The lowest BCUT2D eigenvalue weighted by Crippen LogP contribution is -2.58. The van der Waals surface area contributed by atoms with E-state index < -0.39 is 5.54 Å². The van der Waals surface area contributed by atoms with E-state index >= 15 is 0 Å². The van der Waals surface area contributed by atoms with E-state index in [1.165, 1.54) is 0 Å². The number of benzene rings is 1. The molecule has 1 atom stereocenters. The molecule has 0 bridgehead atoms. The largest absolute Gasteiger partial charge is 0.497 e. The van der Waals surface area contributed by atoms with E-state index in [4.69, 9.17) is 10.5 Å². The predicted octanol–water partition coefficient (Wildman–Crippen LogP) is 1.92. The molecule has 2 N–H and O–H groups in total. The number of hydrogen-bond acceptors (Lipinski definition) is 4. The molecule has 1 aromatic carbocycles. The fraction of sp³-hybridized carbons (Fsp3) is 0.556. The molecule has 25 heavy (non-hydrogen) atoms. The molecule has 2 amide bonds. The first-order valence-electron chi connectivity index (χ1n) is 8.40. The number of nitrogens with two attached hydrogens (primary N) is 1. The van der Waals surface area contributed by atoms with E-state index in [0.29, 0.717) is 38.2 Å². The second-order valence-corrected chi connectivity index (χ2v) is 6.48. The molecule has 0 aromatic heterocycles. The Morgan fingerprint density at radius 2 is 1.64 bits per heavy atom. The Morgan fingerprint density at radius 1 is 1.12 bits per heavy atom. The molecule has 6 nitrogen and oxygen atoms in total. The number of rotatable bonds is 5. The van der Waals surface area contributed by atoms with Crippen molar-refractivity contribution in [1.82, 2.24) is 9.80 Å². The molecule has 2 rings (SSSR count). The van der Waals surface area contributed by atoms with Gasteiger partial charge in [0.05, 0.1) is 12.6 Å². The van der Waals surface area contributed by atoms with Gasteiger partial charge in [0.2, 0.25) is 5.91 Å². The van der Waals surface area contributed by atoms with Gasteiger partial charge >= 0.3 is 0 Å². The van der Waals surface area contributed by atoms with Crippen LogP contribution in [0.15, 0.2) is 24.3 Å². The van der Waals surface area contributed by atoms with Crippen LogP contribution in [-0.2, 0) is 4.79 Å². The van der Waals surface area contributed by atoms with E-state index in [1.54, 1.807) is 48.1 Å². The third-order valence-corrected chi connectivity index (χ3v) is 4.45. The van der Waals surface area contributed by atoms with Gasteiger partial charge in [-0.2, -0.15) is 0 Å². The number of methoxy groups -OCH3 is 1. The molecular formula is C18H28ClN3O3. The van der Waals surface area contributed by atoms with Gasteiger partial charge in [0.15, 0.2) is 0 Å². The summed E-state index contributed by atoms with van der Waals surface area (Å²) in [5, 5.41) is 0. The van der Waals surface area contributed by atoms with Gasteiger partial charge in [-0.1, -0.05) is 13.3 Å². The fourth-order valence-electron chi connectivity index (χ4n) is 3.02. The van der Waals surface area contributed by atoms with Crippen molar-refractivity contribution in [2.75, 3.05) is 33.3 Å². The van der Waals surface area contributed by atoms with Crippen molar-refractivity contribution >= 4 is 24.2 Å². The third-order valence-electron chi connectivity index (χ3n) is 4.45. The summed E-state index contributed by atoms with van der Waals surface area (Å²) in [6, 6.07) is 7.07. The van der Waals surface area contributed by atoms with Gasteiger partial charge in [-0.05, 0) is 37.6 Å². The summed E-state index contributed by atoms with van der Waals surface area (Å²) >= 11 is 0. The Bertz CT molecular complexity index is 582. The highest BCUT2D eigenvalue weighted by atomic mass is 35.5. The molecule has 1 aliphatic rings. The zero-order valence-electron chi connectivity index (χ0n) is 15.2. The van der Waals surface area contributed by atoms with Crippen LogP contribution >= 0.6 is 12.4 Å². The lowest BCUT2D eigenvalue weighted by molar-refractivity contribution is -0.138. The van der Waals surface area contributed by atoms with Crippen LogP contribution in [-0.4, -0.2) is 60.4 Å². The molecule has 1 aliphatic heterocycles. The molecular weight excluding hydrogens is 342 g/mol. The van der Waals surface area contributed by atoms with E-state index in [-0.39, 0.29) is 24.2 Å². The second-order valence-electron chi connectivity index (χ2n) is 6.48. The number of nitrogens with zero attached hydrogens (tertiary/aromatic N) is 2. The first-order chi connectivity index (χ1) is 11.4. The first kappa shape index (κ1) is 21.3. The summed E-state index contributed by atoms with van der Waals surface area (Å²) in [5.41, 5.74) is 5.94. The number of piperazine rings is 1. The quantitative estimate of drug-likeness (QED) is 0.860. The summed E-state index contributed by atoms with van der Waals surface area (Å²) in [6.07, 6.45) is 1.53. The van der Waals surface area contributed by atoms with E-state index in [2.05, 4.69) is 0 Å². The second kappa shape index (κ2) is 9.06. The topological polar surface area (TPSA) is 75.9 Å². The third kappa shape index (κ3) is 5.09. The average Bonchev–Trinajstić information content (AvgIpc) is 2.60. The molecule has 0 saturated carbocycles. The number of halogens is 1. The maximum absolute atomic E-state index is 12.5. The van der Waals surface area contributed by atoms with Gasteiger partial charge in [0, 0.05) is 31.7 Å². The summed E-state index contributed by atoms with van der Waals surface area (Å²) in [7, 11) is 1.59. The Morgan fingerprint density at radius 3 is 2.12 bits per heavy atom. The normalized spacial score (nSPS) is 16.6. The maximum atomic E-state index is 12.5. The molecule has 1 aromatic rings. The monoisotopic (exact) mass is 369 g/mol. The highest BCUT2D eigenvalue weighted by Crippen LogP contribution is 2.17. The Balaban J connectivity index is 0.00000312. The van der Waals surface area contributed by atoms with Crippen LogP contribution in [0.5, 0.6) is 5.75 Å². The smallest absolute Gasteiger partial charge is 0.253 e. The number of carbonyl (C=O) groups is 2. The summed E-state index contributed by atoms with van der Waals surface area (Å²) in [5.74, 6) is 0.676. The average molecular weight is 370 g/mol. The minimum atomic E-state index is -0.823. The molecule has 140 valence electrons. The fourth-order valence-corrected chi connectivity index (χ4v) is 3.02. The number of ether oxygens (including phenoxy) is 1. The molecule has 0 spiro atoms. The van der Waals surface area contributed by atoms with Crippen LogP contribution in [0.25, 0.3) is 0 Å². The molecule has 1 heterocycles. The molecule has 1 fully saturated rings. The van der Waals surface area contributed by atoms with Gasteiger partial charge in [-0.3, -0.25) is 9.59 Å². The van der Waals surface area contributed by atoms with Gasteiger partial charge < -0.3 is 20.3 Å². The van der Waals surface area contributed by atoms with Gasteiger partial charge in [-0.15, -0.1) is 12.4 Å². The minimum Gasteiger partial charge on any atom is -0.497 e. The summed E-state index contributed by atoms with van der Waals surface area (Å²) in [4.78, 5) is 28.6. The predicted molar refractivity (Wildman–Crippen MR) is 100 cm³/mol. The SMILES string of the molecule is CCCC(C)(N)C(=O)N1CCN(C(=O)c2ccc(OC)cc2)CC1.Cl. The lowest BCUT2D eigenvalue weighted by Gasteiger charge is -2.38. The number of amides is 2. The van der Waals surface area contributed by atoms with E-state index in [9.17, 15) is 9.59 Å². The zero-order valence-corrected chi connectivity index (χ0v) is 16.0. The number of carbonyl (C=O) groups excluding carboxylic acids is 2. The Hall–Kier alpha value is -1.79. The first-order valence-corrected chi connectivity index (χ1v) is 8.40. The van der Waals surface area contributed by atoms with Crippen LogP contribution < -0.4 is 10.5 Å². The van der Waals surface area contributed by atoms with Crippen LogP contribution in [0.4, 0.5) is 0 Å².